The Balaban J connectivity index is 3.32. The van der Waals surface area contributed by atoms with E-state index in [1.165, 1.54) is 45.0 Å². The molecule has 0 saturated heterocycles. The first kappa shape index (κ1) is 87.9. The third kappa shape index (κ3) is 32.5. The van der Waals surface area contributed by atoms with Crippen LogP contribution in [-0.4, -0.2) is 204 Å². The molecular formula is C65H115N17O16. The van der Waals surface area contributed by atoms with Crippen molar-refractivity contribution in [1.82, 2.24) is 63.8 Å². The second kappa shape index (κ2) is 46.2. The number of carboxylic acid groups (broad SMARTS) is 1. The Kier molecular flexibility index (Phi) is 41.5. The number of aliphatic carboxylic acids is 1. The first-order chi connectivity index (χ1) is 46.0. The maximum Gasteiger partial charge on any atom is 0.326 e. The van der Waals surface area contributed by atoms with Crippen LogP contribution in [0, 0.1) is 23.7 Å². The van der Waals surface area contributed by atoms with Gasteiger partial charge in [-0.15, -0.1) is 0 Å². The van der Waals surface area contributed by atoms with E-state index in [9.17, 15) is 77.6 Å². The smallest absolute Gasteiger partial charge is 0.326 e. The number of carboxylic acids is 1. The summed E-state index contributed by atoms with van der Waals surface area (Å²) in [4.78, 5) is 177. The fraction of sp³-hybridized carbons (Fsp3) is 0.708. The van der Waals surface area contributed by atoms with E-state index in [4.69, 9.17) is 28.7 Å². The lowest BCUT2D eigenvalue weighted by Crippen LogP contribution is -2.62. The molecule has 0 fully saturated rings. The molecule has 33 nitrogen and oxygen atoms in total. The van der Waals surface area contributed by atoms with Crippen LogP contribution < -0.4 is 92.5 Å². The van der Waals surface area contributed by atoms with Crippen molar-refractivity contribution in [1.29, 1.82) is 0 Å². The molecule has 0 radical (unpaired) electrons. The summed E-state index contributed by atoms with van der Waals surface area (Å²) in [5.74, 6) is -13.6. The van der Waals surface area contributed by atoms with Crippen LogP contribution in [0.15, 0.2) is 24.3 Å². The minimum Gasteiger partial charge on any atom is -0.508 e. The zero-order chi connectivity index (χ0) is 74.5. The van der Waals surface area contributed by atoms with E-state index >= 15 is 0 Å². The number of nitrogens with two attached hydrogens (primary N) is 5. The molecule has 98 heavy (non-hydrogen) atoms. The van der Waals surface area contributed by atoms with E-state index in [1.54, 1.807) is 55.4 Å². The van der Waals surface area contributed by atoms with Crippen molar-refractivity contribution in [2.24, 2.45) is 52.3 Å². The molecule has 0 aliphatic rings. The van der Waals surface area contributed by atoms with Crippen LogP contribution >= 0.6 is 0 Å². The van der Waals surface area contributed by atoms with Gasteiger partial charge < -0.3 is 108 Å². The maximum absolute atomic E-state index is 14.3. The van der Waals surface area contributed by atoms with Crippen molar-refractivity contribution in [3.8, 4) is 5.75 Å². The Morgan fingerprint density at radius 2 is 0.694 bits per heavy atom. The topological polar surface area (TPSA) is 557 Å². The van der Waals surface area contributed by atoms with Gasteiger partial charge in [-0.25, -0.2) is 4.79 Å². The van der Waals surface area contributed by atoms with Gasteiger partial charge in [0, 0.05) is 6.42 Å². The van der Waals surface area contributed by atoms with E-state index in [0.717, 1.165) is 0 Å². The van der Waals surface area contributed by atoms with Gasteiger partial charge in [0.25, 0.3) is 0 Å². The second-order valence-electron chi connectivity index (χ2n) is 26.1. The van der Waals surface area contributed by atoms with E-state index in [1.807, 2.05) is 0 Å². The summed E-state index contributed by atoms with van der Waals surface area (Å²) in [6, 6.07) is -10.1. The molecule has 0 heterocycles. The molecule has 33 heteroatoms. The molecule has 1 aromatic carbocycles. The minimum absolute atomic E-state index is 0.0675. The fourth-order valence-corrected chi connectivity index (χ4v) is 9.91. The predicted molar refractivity (Wildman–Crippen MR) is 366 cm³/mol. The summed E-state index contributed by atoms with van der Waals surface area (Å²) < 4.78 is 0. The summed E-state index contributed by atoms with van der Waals surface area (Å²) in [7, 11) is 0. The lowest BCUT2D eigenvalue weighted by atomic mass is 9.98. The molecule has 0 aliphatic heterocycles. The van der Waals surface area contributed by atoms with E-state index < -0.39 is 186 Å². The molecule has 1 aromatic rings. The maximum atomic E-state index is 14.3. The molecule has 0 saturated carbocycles. The van der Waals surface area contributed by atoms with Crippen molar-refractivity contribution < 1.29 is 77.6 Å². The first-order valence-electron chi connectivity index (χ1n) is 33.9. The molecular weight excluding hydrogens is 1270 g/mol. The Labute approximate surface area is 575 Å². The number of phenols is 1. The van der Waals surface area contributed by atoms with Gasteiger partial charge >= 0.3 is 5.97 Å². The standard InChI is InChI=1S/C65H115N17O16/c1-34(2)49(61(93)71-33-48(85)78-52(37(7)8)65(97)98)79-60(92)47(32-41-24-26-42(84)27-25-41)77-64(96)53(40(11)83)82-55(87)39(10)72-54(86)38(9)73-62(94)50(35(3)4)81-63(95)51(36(5)6)80-59(91)46(23-15-19-31-69)76-58(90)45(22-14-18-30-68)75-57(89)44(21-13-17-29-67)74-56(88)43(70)20-12-16-28-66/h24-27,34-40,43-47,49-53,83-84H,12-23,28-33,66-70H2,1-11H3,(H,71,93)(H,72,86)(H,73,94)(H,74,88)(H,75,89)(H,76,90)(H,77,96)(H,78,85)(H,79,92)(H,80,91)(H,81,95)(H,82,87)(H,97,98)/t38-,39-,40+,43-,44-,45-,46-,47-,49-,50-,51-,52-,53-/m0/s1. The lowest BCUT2D eigenvalue weighted by molar-refractivity contribution is -0.143. The predicted octanol–water partition coefficient (Wildman–Crippen LogP) is -3.64. The van der Waals surface area contributed by atoms with Gasteiger partial charge in [-0.05, 0) is 159 Å². The van der Waals surface area contributed by atoms with Crippen molar-refractivity contribution in [3.05, 3.63) is 29.8 Å². The van der Waals surface area contributed by atoms with E-state index in [0.29, 0.717) is 83.0 Å². The number of phenolic OH excluding ortho intramolecular Hbond substituents is 1. The summed E-state index contributed by atoms with van der Waals surface area (Å²) >= 11 is 0. The van der Waals surface area contributed by atoms with Crippen LogP contribution in [0.1, 0.15) is 159 Å². The highest BCUT2D eigenvalue weighted by Crippen LogP contribution is 2.15. The number of aliphatic hydroxyl groups is 1. The number of rotatable bonds is 48. The fourth-order valence-electron chi connectivity index (χ4n) is 9.91. The minimum atomic E-state index is -1.77. The molecule has 13 atom stereocenters. The molecule has 556 valence electrons. The largest absolute Gasteiger partial charge is 0.508 e. The Hall–Kier alpha value is -8.11. The Bertz CT molecular complexity index is 2740. The Morgan fingerprint density at radius 3 is 1.10 bits per heavy atom. The van der Waals surface area contributed by atoms with Gasteiger partial charge in [0.2, 0.25) is 70.9 Å². The molecule has 0 unspecified atom stereocenters. The van der Waals surface area contributed by atoms with Gasteiger partial charge in [0.15, 0.2) is 0 Å². The van der Waals surface area contributed by atoms with Crippen LogP contribution in [0.5, 0.6) is 5.75 Å². The normalized spacial score (nSPS) is 15.4. The Morgan fingerprint density at radius 1 is 0.367 bits per heavy atom. The number of carbonyl (C=O) groups is 13. The number of hydrogen-bond donors (Lipinski definition) is 20. The van der Waals surface area contributed by atoms with Crippen molar-refractivity contribution in [2.45, 2.75) is 238 Å². The van der Waals surface area contributed by atoms with Crippen LogP contribution in [0.2, 0.25) is 0 Å². The summed E-state index contributed by atoms with van der Waals surface area (Å²) in [5.41, 5.74) is 29.5. The molecule has 0 spiro atoms. The zero-order valence-corrected chi connectivity index (χ0v) is 58.9. The SMILES string of the molecule is CC(C)[C@H](NC(=O)CNC(=O)[C@@H](NC(=O)[C@H](Cc1ccc(O)cc1)NC(=O)[C@@H](NC(=O)[C@H](C)NC(=O)[C@H](C)NC(=O)[C@@H](NC(=O)[C@@H](NC(=O)[C@H](CCCCN)NC(=O)[C@H](CCCCN)NC(=O)[C@H](CCCCN)NC(=O)[C@@H](N)CCCCN)C(C)C)C(C)C)[C@@H](C)O)C(C)C)C(=O)O. The lowest BCUT2D eigenvalue weighted by Gasteiger charge is -2.30. The quantitative estimate of drug-likeness (QED) is 0.0280. The number of nitrogens with one attached hydrogen (secondary N) is 12. The van der Waals surface area contributed by atoms with E-state index in [-0.39, 0.29) is 38.0 Å². The molecule has 0 bridgehead atoms. The molecule has 1 rings (SSSR count). The monoisotopic (exact) mass is 1390 g/mol. The summed E-state index contributed by atoms with van der Waals surface area (Å²) in [6.07, 6.45) is 2.85. The highest BCUT2D eigenvalue weighted by molar-refractivity contribution is 5.99. The number of aliphatic hydroxyl groups excluding tert-OH is 1. The van der Waals surface area contributed by atoms with Crippen LogP contribution in [0.25, 0.3) is 0 Å². The highest BCUT2D eigenvalue weighted by atomic mass is 16.4. The average Bonchev–Trinajstić information content (AvgIpc) is 0.856. The molecule has 25 N–H and O–H groups in total. The molecule has 0 aliphatic carbocycles. The molecule has 0 aromatic heterocycles. The number of hydrogen-bond acceptors (Lipinski definition) is 20. The third-order valence-electron chi connectivity index (χ3n) is 16.0. The second-order valence-corrected chi connectivity index (χ2v) is 26.1. The van der Waals surface area contributed by atoms with Crippen LogP contribution in [0.3, 0.4) is 0 Å². The van der Waals surface area contributed by atoms with Gasteiger partial charge in [-0.2, -0.15) is 0 Å². The number of benzene rings is 1. The van der Waals surface area contributed by atoms with Crippen molar-refractivity contribution in [3.63, 3.8) is 0 Å². The van der Waals surface area contributed by atoms with Gasteiger partial charge in [0.05, 0.1) is 18.7 Å². The van der Waals surface area contributed by atoms with Gasteiger partial charge in [0.1, 0.15) is 72.2 Å². The number of aromatic hydroxyl groups is 1. The highest BCUT2D eigenvalue weighted by Gasteiger charge is 2.38. The van der Waals surface area contributed by atoms with Crippen LogP contribution in [0.4, 0.5) is 0 Å². The molecule has 12 amide bonds. The first-order valence-corrected chi connectivity index (χ1v) is 33.9. The van der Waals surface area contributed by atoms with Crippen LogP contribution in [-0.2, 0) is 68.7 Å². The summed E-state index contributed by atoms with van der Waals surface area (Å²) in [6.45, 7) is 17.2. The number of amides is 12. The van der Waals surface area contributed by atoms with Crippen molar-refractivity contribution in [2.75, 3.05) is 32.7 Å². The van der Waals surface area contributed by atoms with Gasteiger partial charge in [-0.3, -0.25) is 57.5 Å². The summed E-state index contributed by atoms with van der Waals surface area (Å²) in [5, 5.41) is 60.9. The van der Waals surface area contributed by atoms with E-state index in [2.05, 4.69) is 63.8 Å². The zero-order valence-electron chi connectivity index (χ0n) is 58.9. The number of unbranched alkanes of at least 4 members (excludes halogenated alkanes) is 4. The van der Waals surface area contributed by atoms with Gasteiger partial charge in [-0.1, -0.05) is 73.9 Å². The average molecular weight is 1390 g/mol. The number of carbonyl (C=O) groups excluding carboxylic acids is 12. The third-order valence-corrected chi connectivity index (χ3v) is 16.0. The van der Waals surface area contributed by atoms with Crippen molar-refractivity contribution >= 4 is 76.9 Å².